The summed E-state index contributed by atoms with van der Waals surface area (Å²) in [4.78, 5) is 13.8. The molecule has 2 rings (SSSR count). The van der Waals surface area contributed by atoms with Crippen molar-refractivity contribution in [3.63, 3.8) is 0 Å². The van der Waals surface area contributed by atoms with Gasteiger partial charge < -0.3 is 19.9 Å². The second-order valence-corrected chi connectivity index (χ2v) is 7.94. The standard InChI is InChI=1S/C19H35N5OS.HI/c1-6-24-11-8-16(9-12-24)7-10-21-19(20-3)23(4)13-17-14-26-18(22-17)15(2)25-5;/h14-16H,6-13H2,1-5H3,(H,20,21);1H. The van der Waals surface area contributed by atoms with Crippen molar-refractivity contribution in [2.45, 2.75) is 45.8 Å². The van der Waals surface area contributed by atoms with Crippen molar-refractivity contribution in [1.82, 2.24) is 20.1 Å². The first-order valence-electron chi connectivity index (χ1n) is 9.68. The number of halogens is 1. The van der Waals surface area contributed by atoms with Crippen LogP contribution in [0.2, 0.25) is 0 Å². The predicted octanol–water partition coefficient (Wildman–Crippen LogP) is 3.60. The normalized spacial score (nSPS) is 17.4. The van der Waals surface area contributed by atoms with E-state index in [1.807, 2.05) is 14.0 Å². The van der Waals surface area contributed by atoms with Crippen molar-refractivity contribution >= 4 is 41.3 Å². The summed E-state index contributed by atoms with van der Waals surface area (Å²) in [7, 11) is 5.63. The molecule has 1 aromatic rings. The third-order valence-electron chi connectivity index (χ3n) is 5.23. The van der Waals surface area contributed by atoms with Gasteiger partial charge in [0.15, 0.2) is 5.96 Å². The smallest absolute Gasteiger partial charge is 0.193 e. The van der Waals surface area contributed by atoms with Gasteiger partial charge >= 0.3 is 0 Å². The highest BCUT2D eigenvalue weighted by atomic mass is 127. The van der Waals surface area contributed by atoms with Crippen LogP contribution in [0, 0.1) is 5.92 Å². The summed E-state index contributed by atoms with van der Waals surface area (Å²) in [5, 5.41) is 6.65. The van der Waals surface area contributed by atoms with Crippen molar-refractivity contribution in [2.24, 2.45) is 10.9 Å². The molecular formula is C19H36IN5OS. The van der Waals surface area contributed by atoms with E-state index in [2.05, 4.69) is 44.4 Å². The van der Waals surface area contributed by atoms with E-state index in [9.17, 15) is 0 Å². The van der Waals surface area contributed by atoms with Crippen LogP contribution in [0.5, 0.6) is 0 Å². The fourth-order valence-electron chi connectivity index (χ4n) is 3.36. The molecule has 1 unspecified atom stereocenters. The summed E-state index contributed by atoms with van der Waals surface area (Å²) in [6.07, 6.45) is 3.92. The number of likely N-dealkylation sites (tertiary alicyclic amines) is 1. The van der Waals surface area contributed by atoms with E-state index in [0.29, 0.717) is 0 Å². The Morgan fingerprint density at radius 1 is 1.48 bits per heavy atom. The van der Waals surface area contributed by atoms with Gasteiger partial charge in [-0.1, -0.05) is 6.92 Å². The molecule has 8 heteroatoms. The fourth-order valence-corrected chi connectivity index (χ4v) is 4.21. The number of hydrogen-bond acceptors (Lipinski definition) is 5. The molecule has 1 N–H and O–H groups in total. The van der Waals surface area contributed by atoms with Crippen LogP contribution < -0.4 is 5.32 Å². The number of rotatable bonds is 8. The van der Waals surface area contributed by atoms with Gasteiger partial charge in [-0.25, -0.2) is 4.98 Å². The van der Waals surface area contributed by atoms with E-state index in [4.69, 9.17) is 4.74 Å². The van der Waals surface area contributed by atoms with Crippen LogP contribution in [0.15, 0.2) is 10.4 Å². The van der Waals surface area contributed by atoms with Gasteiger partial charge in [0.25, 0.3) is 0 Å². The van der Waals surface area contributed by atoms with Gasteiger partial charge in [0, 0.05) is 33.1 Å². The lowest BCUT2D eigenvalue weighted by Gasteiger charge is -2.31. The molecular weight excluding hydrogens is 473 g/mol. The molecule has 1 aliphatic rings. The highest BCUT2D eigenvalue weighted by Crippen LogP contribution is 2.21. The molecule has 1 aromatic heterocycles. The Morgan fingerprint density at radius 3 is 2.78 bits per heavy atom. The SMILES string of the molecule is CCN1CCC(CCNC(=NC)N(C)Cc2csc(C(C)OC)n2)CC1.I. The molecule has 0 radical (unpaired) electrons. The summed E-state index contributed by atoms with van der Waals surface area (Å²) in [6.45, 7) is 9.70. The molecule has 0 bridgehead atoms. The molecule has 0 aliphatic carbocycles. The van der Waals surface area contributed by atoms with E-state index in [1.165, 1.54) is 38.9 Å². The number of guanidine groups is 1. The largest absolute Gasteiger partial charge is 0.375 e. The summed E-state index contributed by atoms with van der Waals surface area (Å²) in [6, 6.07) is 0. The molecule has 2 heterocycles. The highest BCUT2D eigenvalue weighted by Gasteiger charge is 2.18. The van der Waals surface area contributed by atoms with Gasteiger partial charge in [-0.05, 0) is 51.7 Å². The van der Waals surface area contributed by atoms with Crippen LogP contribution in [0.3, 0.4) is 0 Å². The van der Waals surface area contributed by atoms with Gasteiger partial charge in [-0.2, -0.15) is 0 Å². The number of aliphatic imine (C=N–C) groups is 1. The molecule has 6 nitrogen and oxygen atoms in total. The number of aromatic nitrogens is 1. The van der Waals surface area contributed by atoms with Crippen LogP contribution in [0.25, 0.3) is 0 Å². The van der Waals surface area contributed by atoms with E-state index in [0.717, 1.165) is 35.7 Å². The number of methoxy groups -OCH3 is 1. The Balaban J connectivity index is 0.00000364. The minimum atomic E-state index is 0. The summed E-state index contributed by atoms with van der Waals surface area (Å²) >= 11 is 1.66. The number of nitrogens with one attached hydrogen (secondary N) is 1. The Hall–Kier alpha value is -0.450. The molecule has 156 valence electrons. The maximum absolute atomic E-state index is 5.34. The lowest BCUT2D eigenvalue weighted by Crippen LogP contribution is -2.40. The molecule has 0 aromatic carbocycles. The summed E-state index contributed by atoms with van der Waals surface area (Å²) in [5.41, 5.74) is 1.06. The summed E-state index contributed by atoms with van der Waals surface area (Å²) < 4.78 is 5.34. The Morgan fingerprint density at radius 2 is 2.19 bits per heavy atom. The van der Waals surface area contributed by atoms with E-state index < -0.39 is 0 Å². The Bertz CT molecular complexity index is 560. The van der Waals surface area contributed by atoms with Crippen LogP contribution in [-0.2, 0) is 11.3 Å². The maximum atomic E-state index is 5.34. The van der Waals surface area contributed by atoms with Crippen molar-refractivity contribution in [3.05, 3.63) is 16.1 Å². The molecule has 27 heavy (non-hydrogen) atoms. The summed E-state index contributed by atoms with van der Waals surface area (Å²) in [5.74, 6) is 1.77. The fraction of sp³-hybridized carbons (Fsp3) is 0.789. The van der Waals surface area contributed by atoms with Crippen LogP contribution in [0.4, 0.5) is 0 Å². The average Bonchev–Trinajstić information content (AvgIpc) is 3.13. The molecule has 1 aliphatic heterocycles. The van der Waals surface area contributed by atoms with Gasteiger partial charge in [-0.15, -0.1) is 35.3 Å². The van der Waals surface area contributed by atoms with E-state index in [-0.39, 0.29) is 30.1 Å². The highest BCUT2D eigenvalue weighted by molar-refractivity contribution is 14.0. The number of hydrogen-bond donors (Lipinski definition) is 1. The van der Waals surface area contributed by atoms with Crippen LogP contribution in [0.1, 0.15) is 49.9 Å². The Kier molecular flexibility index (Phi) is 11.7. The molecule has 0 saturated carbocycles. The lowest BCUT2D eigenvalue weighted by atomic mass is 9.93. The first-order valence-corrected chi connectivity index (χ1v) is 10.6. The number of ether oxygens (including phenoxy) is 1. The number of nitrogens with zero attached hydrogens (tertiary/aromatic N) is 4. The first-order chi connectivity index (χ1) is 12.6. The quantitative estimate of drug-likeness (QED) is 0.330. The van der Waals surface area contributed by atoms with Crippen molar-refractivity contribution in [3.8, 4) is 0 Å². The second-order valence-electron chi connectivity index (χ2n) is 7.05. The number of thiazole rings is 1. The predicted molar refractivity (Wildman–Crippen MR) is 125 cm³/mol. The van der Waals surface area contributed by atoms with Crippen molar-refractivity contribution in [1.29, 1.82) is 0 Å². The number of piperidine rings is 1. The third kappa shape index (κ3) is 7.83. The second kappa shape index (κ2) is 12.9. The zero-order valence-corrected chi connectivity index (χ0v) is 20.5. The van der Waals surface area contributed by atoms with Crippen molar-refractivity contribution < 1.29 is 4.74 Å². The van der Waals surface area contributed by atoms with Gasteiger partial charge in [0.05, 0.1) is 12.2 Å². The zero-order chi connectivity index (χ0) is 18.9. The molecule has 0 amide bonds. The zero-order valence-electron chi connectivity index (χ0n) is 17.4. The van der Waals surface area contributed by atoms with Gasteiger partial charge in [0.1, 0.15) is 11.1 Å². The Labute approximate surface area is 185 Å². The topological polar surface area (TPSA) is 53.0 Å². The molecule has 0 spiro atoms. The first kappa shape index (κ1) is 24.6. The molecule has 1 atom stereocenters. The lowest BCUT2D eigenvalue weighted by molar-refractivity contribution is 0.119. The third-order valence-corrected chi connectivity index (χ3v) is 6.29. The van der Waals surface area contributed by atoms with Crippen LogP contribution >= 0.6 is 35.3 Å². The van der Waals surface area contributed by atoms with Crippen molar-refractivity contribution in [2.75, 3.05) is 47.4 Å². The molecule has 1 fully saturated rings. The average molecular weight is 510 g/mol. The van der Waals surface area contributed by atoms with Crippen LogP contribution in [-0.4, -0.2) is 68.1 Å². The van der Waals surface area contributed by atoms with E-state index in [1.54, 1.807) is 18.4 Å². The minimum absolute atomic E-state index is 0. The van der Waals surface area contributed by atoms with E-state index >= 15 is 0 Å². The monoisotopic (exact) mass is 509 g/mol. The minimum Gasteiger partial charge on any atom is -0.375 e. The maximum Gasteiger partial charge on any atom is 0.193 e. The molecule has 1 saturated heterocycles. The van der Waals surface area contributed by atoms with Gasteiger partial charge in [-0.3, -0.25) is 4.99 Å². The van der Waals surface area contributed by atoms with Gasteiger partial charge in [0.2, 0.25) is 0 Å².